The van der Waals surface area contributed by atoms with Crippen molar-refractivity contribution in [1.82, 2.24) is 4.98 Å². The minimum absolute atomic E-state index is 0.0445. The Hall–Kier alpha value is -1.32. The van der Waals surface area contributed by atoms with Crippen LogP contribution in [0.3, 0.4) is 0 Å². The molecule has 2 rings (SSSR count). The number of pyridine rings is 1. The summed E-state index contributed by atoms with van der Waals surface area (Å²) in [6, 6.07) is 12.6. The second kappa shape index (κ2) is 6.03. The lowest BCUT2D eigenvalue weighted by Gasteiger charge is -2.08. The molecule has 0 saturated heterocycles. The molecule has 1 aromatic heterocycles. The van der Waals surface area contributed by atoms with Crippen LogP contribution in [-0.2, 0) is 0 Å². The van der Waals surface area contributed by atoms with Crippen molar-refractivity contribution in [3.8, 4) is 0 Å². The van der Waals surface area contributed by atoms with Gasteiger partial charge in [0.15, 0.2) is 0 Å². The topological polar surface area (TPSA) is 38.9 Å². The van der Waals surface area contributed by atoms with E-state index in [-0.39, 0.29) is 6.04 Å². The first-order chi connectivity index (χ1) is 8.69. The van der Waals surface area contributed by atoms with Crippen molar-refractivity contribution in [2.45, 2.75) is 36.1 Å². The van der Waals surface area contributed by atoms with Gasteiger partial charge >= 0.3 is 0 Å². The van der Waals surface area contributed by atoms with Crippen molar-refractivity contribution in [2.75, 3.05) is 0 Å². The van der Waals surface area contributed by atoms with E-state index in [0.29, 0.717) is 0 Å². The zero-order valence-electron chi connectivity index (χ0n) is 10.8. The Kier molecular flexibility index (Phi) is 4.39. The van der Waals surface area contributed by atoms with E-state index in [1.807, 2.05) is 12.3 Å². The van der Waals surface area contributed by atoms with Gasteiger partial charge in [-0.15, -0.1) is 0 Å². The van der Waals surface area contributed by atoms with Crippen LogP contribution in [0.4, 0.5) is 0 Å². The highest BCUT2D eigenvalue weighted by Crippen LogP contribution is 2.28. The zero-order valence-corrected chi connectivity index (χ0v) is 11.6. The number of aromatic nitrogens is 1. The summed E-state index contributed by atoms with van der Waals surface area (Å²) in [6.07, 6.45) is 2.81. The molecule has 3 heteroatoms. The van der Waals surface area contributed by atoms with Crippen LogP contribution >= 0.6 is 11.8 Å². The van der Waals surface area contributed by atoms with E-state index in [1.54, 1.807) is 11.8 Å². The van der Waals surface area contributed by atoms with Gasteiger partial charge < -0.3 is 5.73 Å². The molecule has 2 aromatic rings. The van der Waals surface area contributed by atoms with Gasteiger partial charge in [0.2, 0.25) is 0 Å². The van der Waals surface area contributed by atoms with Crippen molar-refractivity contribution in [3.05, 3.63) is 53.9 Å². The minimum Gasteiger partial charge on any atom is -0.323 e. The van der Waals surface area contributed by atoms with E-state index < -0.39 is 0 Å². The van der Waals surface area contributed by atoms with Gasteiger partial charge in [0.05, 0.1) is 5.69 Å². The number of benzene rings is 1. The van der Waals surface area contributed by atoms with Crippen molar-refractivity contribution in [1.29, 1.82) is 0 Å². The summed E-state index contributed by atoms with van der Waals surface area (Å²) in [4.78, 5) is 6.81. The largest absolute Gasteiger partial charge is 0.323 e. The average Bonchev–Trinajstić information content (AvgIpc) is 2.39. The minimum atomic E-state index is 0.0445. The second-order valence-electron chi connectivity index (χ2n) is 4.35. The number of nitrogens with zero attached hydrogens (tertiary/aromatic N) is 1. The third-order valence-corrected chi connectivity index (χ3v) is 3.77. The molecule has 0 radical (unpaired) electrons. The highest BCUT2D eigenvalue weighted by Gasteiger charge is 2.05. The quantitative estimate of drug-likeness (QED) is 0.902. The van der Waals surface area contributed by atoms with E-state index >= 15 is 0 Å². The van der Waals surface area contributed by atoms with Gasteiger partial charge in [-0.05, 0) is 37.6 Å². The predicted molar refractivity (Wildman–Crippen MR) is 76.8 cm³/mol. The summed E-state index contributed by atoms with van der Waals surface area (Å²) < 4.78 is 0. The molecule has 0 saturated carbocycles. The molecule has 1 atom stereocenters. The Morgan fingerprint density at radius 2 is 2.06 bits per heavy atom. The zero-order chi connectivity index (χ0) is 13.0. The van der Waals surface area contributed by atoms with E-state index in [4.69, 9.17) is 5.73 Å². The Balaban J connectivity index is 2.11. The molecule has 1 aromatic carbocycles. The fraction of sp³-hybridized carbons (Fsp3) is 0.267. The Bertz CT molecular complexity index is 508. The lowest BCUT2D eigenvalue weighted by atomic mass is 10.1. The molecule has 0 aliphatic carbocycles. The fourth-order valence-corrected chi connectivity index (χ4v) is 2.60. The van der Waals surface area contributed by atoms with Crippen molar-refractivity contribution in [3.63, 3.8) is 0 Å². The number of aryl methyl sites for hydroxylation is 1. The lowest BCUT2D eigenvalue weighted by Crippen LogP contribution is -2.10. The van der Waals surface area contributed by atoms with Crippen molar-refractivity contribution >= 4 is 11.8 Å². The van der Waals surface area contributed by atoms with Crippen LogP contribution < -0.4 is 5.73 Å². The lowest BCUT2D eigenvalue weighted by molar-refractivity contribution is 0.674. The molecule has 0 unspecified atom stereocenters. The molecule has 0 bridgehead atoms. The van der Waals surface area contributed by atoms with E-state index in [1.165, 1.54) is 10.5 Å². The van der Waals surface area contributed by atoms with Crippen LogP contribution in [0.2, 0.25) is 0 Å². The van der Waals surface area contributed by atoms with Crippen LogP contribution in [0.15, 0.2) is 52.4 Å². The van der Waals surface area contributed by atoms with Gasteiger partial charge in [-0.3, -0.25) is 4.98 Å². The maximum Gasteiger partial charge on any atom is 0.0571 e. The first-order valence-electron chi connectivity index (χ1n) is 6.15. The molecular weight excluding hydrogens is 240 g/mol. The number of hydrogen-bond acceptors (Lipinski definition) is 3. The summed E-state index contributed by atoms with van der Waals surface area (Å²) in [5.74, 6) is 0. The van der Waals surface area contributed by atoms with Crippen molar-refractivity contribution in [2.24, 2.45) is 5.73 Å². The van der Waals surface area contributed by atoms with Crippen LogP contribution in [0.1, 0.15) is 30.6 Å². The molecule has 0 amide bonds. The molecule has 2 N–H and O–H groups in total. The SMILES string of the molecule is CC[C@H](N)c1ccc(Sc2cccc(C)c2)cn1. The molecule has 2 nitrogen and oxygen atoms in total. The van der Waals surface area contributed by atoms with Crippen molar-refractivity contribution < 1.29 is 0 Å². The highest BCUT2D eigenvalue weighted by molar-refractivity contribution is 7.99. The average molecular weight is 258 g/mol. The molecule has 0 aliphatic rings. The summed E-state index contributed by atoms with van der Waals surface area (Å²) in [5.41, 5.74) is 8.19. The monoisotopic (exact) mass is 258 g/mol. The number of rotatable bonds is 4. The first-order valence-corrected chi connectivity index (χ1v) is 6.96. The van der Waals surface area contributed by atoms with Gasteiger partial charge in [0.25, 0.3) is 0 Å². The molecule has 94 valence electrons. The van der Waals surface area contributed by atoms with E-state index in [0.717, 1.165) is 17.0 Å². The summed E-state index contributed by atoms with van der Waals surface area (Å²) in [5, 5.41) is 0. The molecular formula is C15H18N2S. The Morgan fingerprint density at radius 3 is 2.67 bits per heavy atom. The number of hydrogen-bond donors (Lipinski definition) is 1. The second-order valence-corrected chi connectivity index (χ2v) is 5.50. The van der Waals surface area contributed by atoms with Crippen LogP contribution in [0.5, 0.6) is 0 Å². The van der Waals surface area contributed by atoms with E-state index in [9.17, 15) is 0 Å². The maximum absolute atomic E-state index is 5.95. The predicted octanol–water partition coefficient (Wildman–Crippen LogP) is 3.95. The summed E-state index contributed by atoms with van der Waals surface area (Å²) in [7, 11) is 0. The molecule has 0 fully saturated rings. The number of nitrogens with two attached hydrogens (primary N) is 1. The van der Waals surface area contributed by atoms with Crippen LogP contribution in [0, 0.1) is 6.92 Å². The van der Waals surface area contributed by atoms with Crippen LogP contribution in [-0.4, -0.2) is 4.98 Å². The third kappa shape index (κ3) is 3.34. The Labute approximate surface area is 113 Å². The summed E-state index contributed by atoms with van der Waals surface area (Å²) >= 11 is 1.73. The molecule has 0 spiro atoms. The van der Waals surface area contributed by atoms with Gasteiger partial charge in [-0.2, -0.15) is 0 Å². The maximum atomic E-state index is 5.95. The Morgan fingerprint density at radius 1 is 1.22 bits per heavy atom. The first kappa shape index (κ1) is 13.1. The third-order valence-electron chi connectivity index (χ3n) is 2.80. The van der Waals surface area contributed by atoms with Gasteiger partial charge in [0.1, 0.15) is 0 Å². The van der Waals surface area contributed by atoms with Crippen LogP contribution in [0.25, 0.3) is 0 Å². The van der Waals surface area contributed by atoms with Gasteiger partial charge in [-0.25, -0.2) is 0 Å². The summed E-state index contributed by atoms with van der Waals surface area (Å²) in [6.45, 7) is 4.17. The highest BCUT2D eigenvalue weighted by atomic mass is 32.2. The molecule has 0 aliphatic heterocycles. The smallest absolute Gasteiger partial charge is 0.0571 e. The molecule has 18 heavy (non-hydrogen) atoms. The van der Waals surface area contributed by atoms with E-state index in [2.05, 4.69) is 49.2 Å². The fourth-order valence-electron chi connectivity index (χ4n) is 1.70. The standard InChI is InChI=1S/C15H18N2S/c1-3-14(16)15-8-7-13(10-17-15)18-12-6-4-5-11(2)9-12/h4-10,14H,3,16H2,1-2H3/t14-/m0/s1. The van der Waals surface area contributed by atoms with Gasteiger partial charge in [-0.1, -0.05) is 36.4 Å². The van der Waals surface area contributed by atoms with Gasteiger partial charge in [0, 0.05) is 22.0 Å². The molecule has 1 heterocycles. The normalized spacial score (nSPS) is 12.4.